The first-order valence-corrected chi connectivity index (χ1v) is 11.3. The third-order valence-electron chi connectivity index (χ3n) is 5.71. The molecule has 0 aliphatic carbocycles. The summed E-state index contributed by atoms with van der Waals surface area (Å²) in [7, 11) is 0. The van der Waals surface area contributed by atoms with Crippen LogP contribution in [-0.4, -0.2) is 44.9 Å². The molecule has 0 bridgehead atoms. The van der Waals surface area contributed by atoms with E-state index in [0.29, 0.717) is 27.8 Å². The number of nitrogens with zero attached hydrogens (tertiary/aromatic N) is 2. The Morgan fingerprint density at radius 1 is 0.944 bits per heavy atom. The van der Waals surface area contributed by atoms with Crippen LogP contribution in [0.2, 0.25) is 0 Å². The summed E-state index contributed by atoms with van der Waals surface area (Å²) in [6, 6.07) is 20.2. The number of aryl methyl sites for hydroxylation is 1. The molecule has 36 heavy (non-hydrogen) atoms. The number of hydrogen-bond donors (Lipinski definition) is 4. The van der Waals surface area contributed by atoms with Crippen molar-refractivity contribution in [3.05, 3.63) is 101 Å². The number of aromatic nitrogens is 2. The standard InChI is InChI=1S/C27H25N5O4/c1-16-13-18(26(35)32-22(24(33)25(28)34)14-17-7-3-2-4-8-17)11-12-19(16)31-27(36)23-15-29-20-9-5-6-10-21(20)30-23/h2-13,15,22,24,33H,14H2,1H3,(H2,28,34)(H,31,36)(H,32,35)/t22-,24?/m0/s1. The highest BCUT2D eigenvalue weighted by molar-refractivity contribution is 6.04. The lowest BCUT2D eigenvalue weighted by Crippen LogP contribution is -2.50. The number of nitrogens with one attached hydrogen (secondary N) is 2. The fourth-order valence-corrected chi connectivity index (χ4v) is 3.76. The van der Waals surface area contributed by atoms with Crippen LogP contribution in [-0.2, 0) is 11.2 Å². The van der Waals surface area contributed by atoms with Crippen LogP contribution in [0, 0.1) is 6.92 Å². The number of hydrogen-bond acceptors (Lipinski definition) is 6. The van der Waals surface area contributed by atoms with Crippen LogP contribution in [0.15, 0.2) is 79.0 Å². The number of amides is 3. The first-order valence-electron chi connectivity index (χ1n) is 11.3. The molecule has 0 aliphatic rings. The molecule has 9 nitrogen and oxygen atoms in total. The molecule has 0 aliphatic heterocycles. The second kappa shape index (κ2) is 10.7. The van der Waals surface area contributed by atoms with Crippen molar-refractivity contribution in [3.8, 4) is 0 Å². The minimum absolute atomic E-state index is 0.166. The van der Waals surface area contributed by atoms with Gasteiger partial charge >= 0.3 is 0 Å². The van der Waals surface area contributed by atoms with Crippen LogP contribution in [0.1, 0.15) is 32.0 Å². The lowest BCUT2D eigenvalue weighted by Gasteiger charge is -2.22. The number of anilines is 1. The van der Waals surface area contributed by atoms with E-state index in [0.717, 1.165) is 5.56 Å². The van der Waals surface area contributed by atoms with Gasteiger partial charge in [-0.1, -0.05) is 42.5 Å². The second-order valence-electron chi connectivity index (χ2n) is 8.34. The Labute approximate surface area is 207 Å². The van der Waals surface area contributed by atoms with Crippen LogP contribution >= 0.6 is 0 Å². The van der Waals surface area contributed by atoms with E-state index in [1.807, 2.05) is 48.5 Å². The summed E-state index contributed by atoms with van der Waals surface area (Å²) in [5.41, 5.74) is 9.01. The molecule has 3 amide bonds. The van der Waals surface area contributed by atoms with Crippen molar-refractivity contribution in [2.75, 3.05) is 5.32 Å². The number of rotatable bonds is 8. The number of aliphatic hydroxyl groups excluding tert-OH is 1. The van der Waals surface area contributed by atoms with Crippen LogP contribution in [0.5, 0.6) is 0 Å². The number of primary amides is 1. The maximum absolute atomic E-state index is 12.9. The highest BCUT2D eigenvalue weighted by atomic mass is 16.3. The summed E-state index contributed by atoms with van der Waals surface area (Å²) in [6.07, 6.45) is 0.0689. The fourth-order valence-electron chi connectivity index (χ4n) is 3.76. The van der Waals surface area contributed by atoms with E-state index in [-0.39, 0.29) is 12.1 Å². The molecule has 4 rings (SSSR count). The molecule has 0 radical (unpaired) electrons. The number of aliphatic hydroxyl groups is 1. The Kier molecular flexibility index (Phi) is 7.31. The maximum Gasteiger partial charge on any atom is 0.275 e. The van der Waals surface area contributed by atoms with Crippen LogP contribution in [0.4, 0.5) is 5.69 Å². The van der Waals surface area contributed by atoms with Crippen molar-refractivity contribution < 1.29 is 19.5 Å². The van der Waals surface area contributed by atoms with Gasteiger partial charge in [0.2, 0.25) is 5.91 Å². The number of carbonyl (C=O) groups is 3. The summed E-state index contributed by atoms with van der Waals surface area (Å²) in [5, 5.41) is 15.8. The van der Waals surface area contributed by atoms with E-state index < -0.39 is 29.9 Å². The zero-order chi connectivity index (χ0) is 25.7. The Morgan fingerprint density at radius 3 is 2.33 bits per heavy atom. The summed E-state index contributed by atoms with van der Waals surface area (Å²) < 4.78 is 0. The predicted octanol–water partition coefficient (Wildman–Crippen LogP) is 2.38. The van der Waals surface area contributed by atoms with Crippen molar-refractivity contribution in [2.24, 2.45) is 5.73 Å². The van der Waals surface area contributed by atoms with Gasteiger partial charge in [-0.3, -0.25) is 19.4 Å². The Hall–Kier alpha value is -4.63. The zero-order valence-corrected chi connectivity index (χ0v) is 19.5. The topological polar surface area (TPSA) is 147 Å². The molecule has 0 spiro atoms. The molecular weight excluding hydrogens is 458 g/mol. The molecule has 182 valence electrons. The number of nitrogens with two attached hydrogens (primary N) is 1. The normalized spacial score (nSPS) is 12.5. The number of benzene rings is 3. The van der Waals surface area contributed by atoms with Crippen molar-refractivity contribution in [2.45, 2.75) is 25.5 Å². The summed E-state index contributed by atoms with van der Waals surface area (Å²) in [5.74, 6) is -1.85. The van der Waals surface area contributed by atoms with Gasteiger partial charge in [-0.05, 0) is 54.8 Å². The molecule has 1 aromatic heterocycles. The molecule has 1 heterocycles. The minimum atomic E-state index is -1.56. The molecule has 3 aromatic carbocycles. The summed E-state index contributed by atoms with van der Waals surface area (Å²) in [4.78, 5) is 45.9. The molecule has 0 fully saturated rings. The van der Waals surface area contributed by atoms with Gasteiger partial charge in [-0.25, -0.2) is 4.98 Å². The molecule has 9 heteroatoms. The molecule has 1 unspecified atom stereocenters. The third-order valence-corrected chi connectivity index (χ3v) is 5.71. The lowest BCUT2D eigenvalue weighted by atomic mass is 10.00. The molecule has 2 atom stereocenters. The summed E-state index contributed by atoms with van der Waals surface area (Å²) >= 11 is 0. The molecular formula is C27H25N5O4. The Bertz CT molecular complexity index is 1420. The van der Waals surface area contributed by atoms with E-state index >= 15 is 0 Å². The van der Waals surface area contributed by atoms with Gasteiger partial charge in [0.25, 0.3) is 11.8 Å². The maximum atomic E-state index is 12.9. The quantitative estimate of drug-likeness (QED) is 0.303. The van der Waals surface area contributed by atoms with Gasteiger partial charge in [0.15, 0.2) is 6.10 Å². The first-order chi connectivity index (χ1) is 17.3. The van der Waals surface area contributed by atoms with Crippen molar-refractivity contribution >= 4 is 34.4 Å². The van der Waals surface area contributed by atoms with E-state index in [9.17, 15) is 19.5 Å². The van der Waals surface area contributed by atoms with Gasteiger partial charge in [0.1, 0.15) is 5.69 Å². The average molecular weight is 484 g/mol. The number of fused-ring (bicyclic) bond motifs is 1. The van der Waals surface area contributed by atoms with Gasteiger partial charge in [-0.15, -0.1) is 0 Å². The molecule has 0 saturated carbocycles. The molecule has 4 aromatic rings. The Balaban J connectivity index is 1.47. The van der Waals surface area contributed by atoms with Crippen LogP contribution in [0.3, 0.4) is 0 Å². The zero-order valence-electron chi connectivity index (χ0n) is 19.5. The monoisotopic (exact) mass is 483 g/mol. The molecule has 5 N–H and O–H groups in total. The number of carbonyl (C=O) groups excluding carboxylic acids is 3. The van der Waals surface area contributed by atoms with Crippen molar-refractivity contribution in [1.82, 2.24) is 15.3 Å². The van der Waals surface area contributed by atoms with Crippen LogP contribution < -0.4 is 16.4 Å². The van der Waals surface area contributed by atoms with Crippen LogP contribution in [0.25, 0.3) is 11.0 Å². The summed E-state index contributed by atoms with van der Waals surface area (Å²) in [6.45, 7) is 1.75. The van der Waals surface area contributed by atoms with Crippen molar-refractivity contribution in [3.63, 3.8) is 0 Å². The van der Waals surface area contributed by atoms with Gasteiger partial charge in [0.05, 0.1) is 23.3 Å². The average Bonchev–Trinajstić information content (AvgIpc) is 2.89. The lowest BCUT2D eigenvalue weighted by molar-refractivity contribution is -0.127. The van der Waals surface area contributed by atoms with E-state index in [1.54, 1.807) is 31.2 Å². The fraction of sp³-hybridized carbons (Fsp3) is 0.148. The van der Waals surface area contributed by atoms with Gasteiger partial charge in [0, 0.05) is 11.3 Å². The Morgan fingerprint density at radius 2 is 1.64 bits per heavy atom. The third kappa shape index (κ3) is 5.70. The first kappa shape index (κ1) is 24.5. The second-order valence-corrected chi connectivity index (χ2v) is 8.34. The highest BCUT2D eigenvalue weighted by Crippen LogP contribution is 2.19. The van der Waals surface area contributed by atoms with Gasteiger partial charge in [-0.2, -0.15) is 0 Å². The van der Waals surface area contributed by atoms with Crippen molar-refractivity contribution in [1.29, 1.82) is 0 Å². The van der Waals surface area contributed by atoms with Gasteiger partial charge < -0.3 is 21.5 Å². The number of para-hydroxylation sites is 2. The van der Waals surface area contributed by atoms with E-state index in [1.165, 1.54) is 6.20 Å². The minimum Gasteiger partial charge on any atom is -0.381 e. The van der Waals surface area contributed by atoms with E-state index in [4.69, 9.17) is 5.73 Å². The smallest absolute Gasteiger partial charge is 0.275 e. The SMILES string of the molecule is Cc1cc(C(=O)N[C@@H](Cc2ccccc2)C(O)C(N)=O)ccc1NC(=O)c1cnc2ccccc2n1. The van der Waals surface area contributed by atoms with E-state index in [2.05, 4.69) is 20.6 Å². The highest BCUT2D eigenvalue weighted by Gasteiger charge is 2.26. The predicted molar refractivity (Wildman–Crippen MR) is 135 cm³/mol. The largest absolute Gasteiger partial charge is 0.381 e. The molecule has 0 saturated heterocycles.